The van der Waals surface area contributed by atoms with E-state index in [4.69, 9.17) is 22.4 Å². The largest absolute Gasteiger partial charge is 0.480 e. The van der Waals surface area contributed by atoms with Crippen molar-refractivity contribution < 1.29 is 15.0 Å². The Morgan fingerprint density at radius 3 is 2.55 bits per heavy atom. The fourth-order valence-corrected chi connectivity index (χ4v) is 0.603. The van der Waals surface area contributed by atoms with Crippen molar-refractivity contribution in [2.24, 2.45) is 11.7 Å². The molecule has 11 heavy (non-hydrogen) atoms. The molecule has 4 heteroatoms. The van der Waals surface area contributed by atoms with Gasteiger partial charge >= 0.3 is 5.97 Å². The van der Waals surface area contributed by atoms with E-state index in [2.05, 4.69) is 5.92 Å². The van der Waals surface area contributed by atoms with Gasteiger partial charge in [0.2, 0.25) is 0 Å². The molecular weight excluding hydrogens is 146 g/mol. The van der Waals surface area contributed by atoms with Gasteiger partial charge in [0.25, 0.3) is 0 Å². The molecule has 4 nitrogen and oxygen atoms in total. The first kappa shape index (κ1) is 9.95. The second-order valence-electron chi connectivity index (χ2n) is 2.23. The quantitative estimate of drug-likeness (QED) is 0.458. The van der Waals surface area contributed by atoms with Crippen LogP contribution in [0.25, 0.3) is 0 Å². The molecule has 0 spiro atoms. The molecule has 0 heterocycles. The zero-order valence-corrected chi connectivity index (χ0v) is 6.03. The Kier molecular flexibility index (Phi) is 4.27. The number of carboxylic acids is 1. The Morgan fingerprint density at radius 1 is 1.73 bits per heavy atom. The molecule has 0 radical (unpaired) electrons. The van der Waals surface area contributed by atoms with Gasteiger partial charge in [-0.15, -0.1) is 12.3 Å². The first-order valence-corrected chi connectivity index (χ1v) is 3.17. The lowest BCUT2D eigenvalue weighted by molar-refractivity contribution is -0.138. The summed E-state index contributed by atoms with van der Waals surface area (Å²) >= 11 is 0. The summed E-state index contributed by atoms with van der Waals surface area (Å²) < 4.78 is 0. The fraction of sp³-hybridized carbons (Fsp3) is 0.571. The van der Waals surface area contributed by atoms with Gasteiger partial charge in [0.05, 0.1) is 6.61 Å². The van der Waals surface area contributed by atoms with Crippen LogP contribution in [0, 0.1) is 18.3 Å². The third kappa shape index (κ3) is 3.61. The molecular formula is C7H11NO3. The van der Waals surface area contributed by atoms with E-state index in [1.807, 2.05) is 0 Å². The number of aliphatic carboxylic acids is 1. The van der Waals surface area contributed by atoms with Crippen LogP contribution in [0.1, 0.15) is 6.42 Å². The van der Waals surface area contributed by atoms with Crippen molar-refractivity contribution in [1.82, 2.24) is 0 Å². The van der Waals surface area contributed by atoms with Crippen LogP contribution in [0.5, 0.6) is 0 Å². The molecule has 2 atom stereocenters. The number of nitrogens with two attached hydrogens (primary N) is 1. The average molecular weight is 157 g/mol. The van der Waals surface area contributed by atoms with E-state index in [9.17, 15) is 4.79 Å². The summed E-state index contributed by atoms with van der Waals surface area (Å²) in [4.78, 5) is 10.2. The second kappa shape index (κ2) is 4.72. The van der Waals surface area contributed by atoms with E-state index < -0.39 is 17.9 Å². The van der Waals surface area contributed by atoms with Gasteiger partial charge in [-0.25, -0.2) is 0 Å². The van der Waals surface area contributed by atoms with Crippen molar-refractivity contribution in [3.8, 4) is 12.3 Å². The standard InChI is InChI=1S/C7H11NO3/c1-2-5(4-9)3-6(8)7(10)11/h1,5-6,9H,3-4,8H2,(H,10,11)/t5-,6-/m0/s1. The number of hydrogen-bond acceptors (Lipinski definition) is 3. The minimum atomic E-state index is -1.10. The summed E-state index contributed by atoms with van der Waals surface area (Å²) in [5.74, 6) is 0.688. The highest BCUT2D eigenvalue weighted by Crippen LogP contribution is 2.02. The Morgan fingerprint density at radius 2 is 2.27 bits per heavy atom. The lowest BCUT2D eigenvalue weighted by Gasteiger charge is -2.09. The first-order chi connectivity index (χ1) is 5.11. The SMILES string of the molecule is C#C[C@H](CO)C[C@H](N)C(=O)O. The van der Waals surface area contributed by atoms with E-state index in [-0.39, 0.29) is 13.0 Å². The third-order valence-electron chi connectivity index (χ3n) is 1.31. The molecule has 0 aromatic carbocycles. The zero-order valence-electron chi connectivity index (χ0n) is 6.03. The van der Waals surface area contributed by atoms with Gasteiger partial charge in [0, 0.05) is 5.92 Å². The number of aliphatic hydroxyl groups is 1. The maximum atomic E-state index is 10.2. The highest BCUT2D eigenvalue weighted by atomic mass is 16.4. The maximum absolute atomic E-state index is 10.2. The van der Waals surface area contributed by atoms with E-state index in [0.29, 0.717) is 0 Å². The van der Waals surface area contributed by atoms with E-state index in [1.54, 1.807) is 0 Å². The van der Waals surface area contributed by atoms with Crippen LogP contribution in [-0.2, 0) is 4.79 Å². The molecule has 0 saturated carbocycles. The predicted molar refractivity (Wildman–Crippen MR) is 39.6 cm³/mol. The van der Waals surface area contributed by atoms with Crippen LogP contribution in [0.15, 0.2) is 0 Å². The van der Waals surface area contributed by atoms with Crippen LogP contribution in [0.2, 0.25) is 0 Å². The molecule has 0 unspecified atom stereocenters. The summed E-state index contributed by atoms with van der Waals surface area (Å²) in [6.07, 6.45) is 5.09. The molecule has 0 aromatic rings. The van der Waals surface area contributed by atoms with E-state index in [1.165, 1.54) is 0 Å². The Bertz CT molecular complexity index is 173. The van der Waals surface area contributed by atoms with Crippen LogP contribution >= 0.6 is 0 Å². The van der Waals surface area contributed by atoms with Crippen LogP contribution in [0.3, 0.4) is 0 Å². The Hall–Kier alpha value is -1.05. The van der Waals surface area contributed by atoms with Gasteiger partial charge in [-0.05, 0) is 6.42 Å². The summed E-state index contributed by atoms with van der Waals surface area (Å²) in [7, 11) is 0. The summed E-state index contributed by atoms with van der Waals surface area (Å²) in [5.41, 5.74) is 5.16. The highest BCUT2D eigenvalue weighted by Gasteiger charge is 2.15. The highest BCUT2D eigenvalue weighted by molar-refractivity contribution is 5.73. The van der Waals surface area contributed by atoms with E-state index >= 15 is 0 Å². The molecule has 0 aliphatic carbocycles. The van der Waals surface area contributed by atoms with Crippen molar-refractivity contribution in [2.45, 2.75) is 12.5 Å². The van der Waals surface area contributed by atoms with Gasteiger partial charge < -0.3 is 15.9 Å². The predicted octanol–water partition coefficient (Wildman–Crippen LogP) is -0.970. The van der Waals surface area contributed by atoms with E-state index in [0.717, 1.165) is 0 Å². The minimum absolute atomic E-state index is 0.113. The van der Waals surface area contributed by atoms with Crippen molar-refractivity contribution in [3.05, 3.63) is 0 Å². The van der Waals surface area contributed by atoms with Gasteiger partial charge in [0.1, 0.15) is 6.04 Å². The summed E-state index contributed by atoms with van der Waals surface area (Å²) in [5, 5.41) is 16.9. The number of carboxylic acid groups (broad SMARTS) is 1. The molecule has 0 amide bonds. The molecule has 62 valence electrons. The molecule has 0 fully saturated rings. The maximum Gasteiger partial charge on any atom is 0.320 e. The topological polar surface area (TPSA) is 83.5 Å². The molecule has 0 rings (SSSR count). The molecule has 0 aromatic heterocycles. The van der Waals surface area contributed by atoms with Crippen LogP contribution in [-0.4, -0.2) is 28.8 Å². The monoisotopic (exact) mass is 157 g/mol. The zero-order chi connectivity index (χ0) is 8.85. The van der Waals surface area contributed by atoms with Crippen molar-refractivity contribution in [3.63, 3.8) is 0 Å². The number of terminal acetylenes is 1. The molecule has 0 saturated heterocycles. The number of carbonyl (C=O) groups is 1. The summed E-state index contributed by atoms with van der Waals surface area (Å²) in [6, 6.07) is -0.983. The van der Waals surface area contributed by atoms with Crippen molar-refractivity contribution in [2.75, 3.05) is 6.61 Å². The fourth-order valence-electron chi connectivity index (χ4n) is 0.603. The second-order valence-corrected chi connectivity index (χ2v) is 2.23. The van der Waals surface area contributed by atoms with Gasteiger partial charge in [-0.2, -0.15) is 0 Å². The van der Waals surface area contributed by atoms with Gasteiger partial charge in [0.15, 0.2) is 0 Å². The molecule has 4 N–H and O–H groups in total. The molecule has 0 aliphatic rings. The first-order valence-electron chi connectivity index (χ1n) is 3.17. The minimum Gasteiger partial charge on any atom is -0.480 e. The van der Waals surface area contributed by atoms with Crippen molar-refractivity contribution in [1.29, 1.82) is 0 Å². The Balaban J connectivity index is 3.83. The van der Waals surface area contributed by atoms with Crippen molar-refractivity contribution >= 4 is 5.97 Å². The number of rotatable bonds is 4. The molecule has 0 aliphatic heterocycles. The Labute approximate surface area is 65.0 Å². The number of aliphatic hydroxyl groups excluding tert-OH is 1. The lowest BCUT2D eigenvalue weighted by Crippen LogP contribution is -2.32. The van der Waals surface area contributed by atoms with Crippen LogP contribution < -0.4 is 5.73 Å². The lowest BCUT2D eigenvalue weighted by atomic mass is 10.0. The van der Waals surface area contributed by atoms with Gasteiger partial charge in [-0.1, -0.05) is 0 Å². The number of hydrogen-bond donors (Lipinski definition) is 3. The third-order valence-corrected chi connectivity index (χ3v) is 1.31. The average Bonchev–Trinajstić information content (AvgIpc) is 1.99. The summed E-state index contributed by atoms with van der Waals surface area (Å²) in [6.45, 7) is -0.225. The smallest absolute Gasteiger partial charge is 0.320 e. The van der Waals surface area contributed by atoms with Crippen LogP contribution in [0.4, 0.5) is 0 Å². The normalized spacial score (nSPS) is 15.0. The van der Waals surface area contributed by atoms with Gasteiger partial charge in [-0.3, -0.25) is 4.79 Å². The molecule has 0 bridgehead atoms.